The Labute approximate surface area is 112 Å². The highest BCUT2D eigenvalue weighted by molar-refractivity contribution is 7.89. The van der Waals surface area contributed by atoms with Crippen LogP contribution in [0.2, 0.25) is 0 Å². The molecule has 6 heteroatoms. The first kappa shape index (κ1) is 14.0. The molecule has 2 N–H and O–H groups in total. The Hall–Kier alpha value is -1.40. The smallest absolute Gasteiger partial charge is 0.324 e. The monoisotopic (exact) mass is 283 g/mol. The zero-order valence-corrected chi connectivity index (χ0v) is 11.5. The van der Waals surface area contributed by atoms with Crippen molar-refractivity contribution < 1.29 is 18.3 Å². The van der Waals surface area contributed by atoms with Gasteiger partial charge in [0.05, 0.1) is 4.90 Å². The van der Waals surface area contributed by atoms with Crippen molar-refractivity contribution in [3.05, 3.63) is 29.8 Å². The molecule has 1 aromatic rings. The van der Waals surface area contributed by atoms with Crippen molar-refractivity contribution in [2.24, 2.45) is 0 Å². The van der Waals surface area contributed by atoms with Gasteiger partial charge in [-0.25, -0.2) is 8.42 Å². The summed E-state index contributed by atoms with van der Waals surface area (Å²) in [4.78, 5) is 11.5. The minimum Gasteiger partial charge on any atom is -0.480 e. The maximum Gasteiger partial charge on any atom is 0.324 e. The van der Waals surface area contributed by atoms with E-state index in [1.54, 1.807) is 25.1 Å². The standard InChI is InChI=1S/C13H17NO4S/c1-10-6-2-3-7-11(10)19(17,18)14-13(12(15)16)8-4-5-9-13/h2-3,6-7,14H,4-5,8-9H2,1H3,(H,15,16). The van der Waals surface area contributed by atoms with Gasteiger partial charge in [0.15, 0.2) is 0 Å². The molecule has 0 spiro atoms. The molecular weight excluding hydrogens is 266 g/mol. The van der Waals surface area contributed by atoms with E-state index < -0.39 is 21.5 Å². The molecule has 0 bridgehead atoms. The zero-order chi connectivity index (χ0) is 14.1. The van der Waals surface area contributed by atoms with Crippen molar-refractivity contribution in [1.29, 1.82) is 0 Å². The molecule has 1 aromatic carbocycles. The summed E-state index contributed by atoms with van der Waals surface area (Å²) in [6, 6.07) is 6.55. The number of carboxylic acid groups (broad SMARTS) is 1. The molecular formula is C13H17NO4S. The number of aryl methyl sites for hydroxylation is 1. The molecule has 0 amide bonds. The Balaban J connectivity index is 2.36. The van der Waals surface area contributed by atoms with E-state index in [0.717, 1.165) is 12.8 Å². The molecule has 1 saturated carbocycles. The van der Waals surface area contributed by atoms with Gasteiger partial charge in [0, 0.05) is 0 Å². The molecule has 104 valence electrons. The molecule has 0 atom stereocenters. The lowest BCUT2D eigenvalue weighted by Gasteiger charge is -2.25. The van der Waals surface area contributed by atoms with E-state index >= 15 is 0 Å². The number of aliphatic carboxylic acids is 1. The number of carboxylic acids is 1. The second-order valence-electron chi connectivity index (χ2n) is 4.97. The normalized spacial score (nSPS) is 18.4. The summed E-state index contributed by atoms with van der Waals surface area (Å²) in [7, 11) is -3.81. The minimum atomic E-state index is -3.81. The largest absolute Gasteiger partial charge is 0.480 e. The van der Waals surface area contributed by atoms with E-state index in [9.17, 15) is 18.3 Å². The third kappa shape index (κ3) is 2.64. The first-order valence-electron chi connectivity index (χ1n) is 6.20. The van der Waals surface area contributed by atoms with E-state index in [1.165, 1.54) is 6.07 Å². The molecule has 2 rings (SSSR count). The van der Waals surface area contributed by atoms with Gasteiger partial charge in [-0.2, -0.15) is 4.72 Å². The molecule has 1 aliphatic carbocycles. The molecule has 0 heterocycles. The number of sulfonamides is 1. The van der Waals surface area contributed by atoms with Crippen molar-refractivity contribution in [3.8, 4) is 0 Å². The Morgan fingerprint density at radius 2 is 1.84 bits per heavy atom. The highest BCUT2D eigenvalue weighted by atomic mass is 32.2. The van der Waals surface area contributed by atoms with E-state index in [0.29, 0.717) is 18.4 Å². The summed E-state index contributed by atoms with van der Waals surface area (Å²) in [6.45, 7) is 1.69. The van der Waals surface area contributed by atoms with E-state index in [1.807, 2.05) is 0 Å². The van der Waals surface area contributed by atoms with Crippen LogP contribution in [0.3, 0.4) is 0 Å². The van der Waals surface area contributed by atoms with Crippen molar-refractivity contribution in [1.82, 2.24) is 4.72 Å². The van der Waals surface area contributed by atoms with Gasteiger partial charge in [-0.05, 0) is 31.4 Å². The van der Waals surface area contributed by atoms with Crippen LogP contribution >= 0.6 is 0 Å². The molecule has 0 aromatic heterocycles. The van der Waals surface area contributed by atoms with E-state index in [2.05, 4.69) is 4.72 Å². The Morgan fingerprint density at radius 3 is 2.37 bits per heavy atom. The van der Waals surface area contributed by atoms with Gasteiger partial charge in [-0.3, -0.25) is 4.79 Å². The Kier molecular flexibility index (Phi) is 3.64. The van der Waals surface area contributed by atoms with Crippen molar-refractivity contribution in [2.45, 2.75) is 43.0 Å². The average Bonchev–Trinajstić information content (AvgIpc) is 2.78. The summed E-state index contributed by atoms with van der Waals surface area (Å²) in [6.07, 6.45) is 2.13. The number of nitrogens with one attached hydrogen (secondary N) is 1. The van der Waals surface area contributed by atoms with E-state index in [-0.39, 0.29) is 4.90 Å². The quantitative estimate of drug-likeness (QED) is 0.880. The van der Waals surface area contributed by atoms with Crippen LogP contribution in [0.4, 0.5) is 0 Å². The van der Waals surface area contributed by atoms with Crippen LogP contribution < -0.4 is 4.72 Å². The Bertz CT molecular complexity index is 588. The third-order valence-corrected chi connectivity index (χ3v) is 5.28. The first-order valence-corrected chi connectivity index (χ1v) is 7.69. The van der Waals surface area contributed by atoms with Gasteiger partial charge >= 0.3 is 5.97 Å². The maximum atomic E-state index is 12.3. The van der Waals surface area contributed by atoms with Gasteiger partial charge in [-0.15, -0.1) is 0 Å². The molecule has 5 nitrogen and oxygen atoms in total. The minimum absolute atomic E-state index is 0.141. The van der Waals surface area contributed by atoms with E-state index in [4.69, 9.17) is 0 Å². The third-order valence-electron chi connectivity index (χ3n) is 3.58. The van der Waals surface area contributed by atoms with Crippen LogP contribution in [0.15, 0.2) is 29.2 Å². The van der Waals surface area contributed by atoms with Crippen LogP contribution in [0, 0.1) is 6.92 Å². The summed E-state index contributed by atoms with van der Waals surface area (Å²) in [5, 5.41) is 9.32. The van der Waals surface area contributed by atoms with Crippen molar-refractivity contribution in [2.75, 3.05) is 0 Å². The van der Waals surface area contributed by atoms with Crippen LogP contribution in [0.5, 0.6) is 0 Å². The summed E-state index contributed by atoms with van der Waals surface area (Å²) in [5.41, 5.74) is -0.741. The molecule has 0 aliphatic heterocycles. The predicted octanol–water partition coefficient (Wildman–Crippen LogP) is 1.67. The SMILES string of the molecule is Cc1ccccc1S(=O)(=O)NC1(C(=O)O)CCCC1. The van der Waals surface area contributed by atoms with Gasteiger partial charge in [-0.1, -0.05) is 31.0 Å². The number of hydrogen-bond donors (Lipinski definition) is 2. The molecule has 1 fully saturated rings. The fourth-order valence-electron chi connectivity index (χ4n) is 2.51. The highest BCUT2D eigenvalue weighted by Crippen LogP contribution is 2.32. The summed E-state index contributed by atoms with van der Waals surface area (Å²) in [5.74, 6) is -1.10. The number of benzene rings is 1. The van der Waals surface area contributed by atoms with Gasteiger partial charge < -0.3 is 5.11 Å². The highest BCUT2D eigenvalue weighted by Gasteiger charge is 2.44. The number of rotatable bonds is 4. The van der Waals surface area contributed by atoms with Gasteiger partial charge in [0.2, 0.25) is 10.0 Å². The van der Waals surface area contributed by atoms with Crippen LogP contribution in [0.1, 0.15) is 31.2 Å². The fraction of sp³-hybridized carbons (Fsp3) is 0.462. The Morgan fingerprint density at radius 1 is 1.26 bits per heavy atom. The number of hydrogen-bond acceptors (Lipinski definition) is 3. The first-order chi connectivity index (χ1) is 8.87. The van der Waals surface area contributed by atoms with Gasteiger partial charge in [0.25, 0.3) is 0 Å². The molecule has 0 saturated heterocycles. The maximum absolute atomic E-state index is 12.3. The fourth-order valence-corrected chi connectivity index (χ4v) is 4.17. The van der Waals surface area contributed by atoms with Crippen LogP contribution in [-0.4, -0.2) is 25.0 Å². The number of carbonyl (C=O) groups is 1. The van der Waals surface area contributed by atoms with Crippen LogP contribution in [-0.2, 0) is 14.8 Å². The summed E-state index contributed by atoms with van der Waals surface area (Å²) >= 11 is 0. The summed E-state index contributed by atoms with van der Waals surface area (Å²) < 4.78 is 27.1. The lowest BCUT2D eigenvalue weighted by molar-refractivity contribution is -0.143. The lowest BCUT2D eigenvalue weighted by Crippen LogP contribution is -2.52. The molecule has 1 aliphatic rings. The molecule has 0 radical (unpaired) electrons. The predicted molar refractivity (Wildman–Crippen MR) is 70.3 cm³/mol. The van der Waals surface area contributed by atoms with Crippen LogP contribution in [0.25, 0.3) is 0 Å². The topological polar surface area (TPSA) is 83.5 Å². The molecule has 19 heavy (non-hydrogen) atoms. The second-order valence-corrected chi connectivity index (χ2v) is 6.62. The average molecular weight is 283 g/mol. The van der Waals surface area contributed by atoms with Crippen molar-refractivity contribution >= 4 is 16.0 Å². The second kappa shape index (κ2) is 4.94. The molecule has 0 unspecified atom stereocenters. The zero-order valence-electron chi connectivity index (χ0n) is 10.7. The lowest BCUT2D eigenvalue weighted by atomic mass is 10.0. The van der Waals surface area contributed by atoms with Gasteiger partial charge in [0.1, 0.15) is 5.54 Å². The van der Waals surface area contributed by atoms with Crippen molar-refractivity contribution in [3.63, 3.8) is 0 Å².